The van der Waals surface area contributed by atoms with Gasteiger partial charge in [0, 0.05) is 29.7 Å². The number of aromatic amines is 1. The number of hydrogen-bond acceptors (Lipinski definition) is 3. The fraction of sp³-hybridized carbons (Fsp3) is 0.185. The van der Waals surface area contributed by atoms with Crippen LogP contribution >= 0.6 is 0 Å². The number of aromatic nitrogens is 1. The second-order valence-corrected chi connectivity index (χ2v) is 8.48. The molecule has 4 rings (SSSR count). The number of urea groups is 1. The monoisotopic (exact) mass is 455 g/mol. The second kappa shape index (κ2) is 10.2. The number of hydrogen-bond donors (Lipinski definition) is 4. The molecule has 0 bridgehead atoms. The molecule has 0 aliphatic heterocycles. The summed E-state index contributed by atoms with van der Waals surface area (Å²) in [6.07, 6.45) is 0. The highest BCUT2D eigenvalue weighted by Crippen LogP contribution is 2.36. The first-order chi connectivity index (χ1) is 16.4. The van der Waals surface area contributed by atoms with Crippen LogP contribution in [-0.2, 0) is 0 Å². The Labute approximate surface area is 199 Å². The van der Waals surface area contributed by atoms with Gasteiger partial charge >= 0.3 is 6.03 Å². The molecule has 0 fully saturated rings. The molecule has 0 spiro atoms. The number of aryl methyl sites for hydroxylation is 1. The molecule has 1 aromatic heterocycles. The number of para-hydroxylation sites is 1. The molecule has 7 heteroatoms. The van der Waals surface area contributed by atoms with Gasteiger partial charge in [-0.15, -0.1) is 0 Å². The van der Waals surface area contributed by atoms with E-state index in [1.54, 1.807) is 0 Å². The van der Waals surface area contributed by atoms with Crippen LogP contribution in [0.4, 0.5) is 16.2 Å². The fourth-order valence-electron chi connectivity index (χ4n) is 3.90. The largest absolute Gasteiger partial charge is 0.349 e. The van der Waals surface area contributed by atoms with E-state index in [9.17, 15) is 9.59 Å². The van der Waals surface area contributed by atoms with E-state index in [2.05, 4.69) is 20.9 Å². The summed E-state index contributed by atoms with van der Waals surface area (Å²) < 4.78 is 0. The van der Waals surface area contributed by atoms with E-state index in [0.717, 1.165) is 28.6 Å². The molecule has 0 saturated heterocycles. The summed E-state index contributed by atoms with van der Waals surface area (Å²) in [7, 11) is 3.93. The Morgan fingerprint density at radius 3 is 2.26 bits per heavy atom. The zero-order valence-electron chi connectivity index (χ0n) is 19.6. The zero-order valence-corrected chi connectivity index (χ0v) is 19.6. The van der Waals surface area contributed by atoms with Gasteiger partial charge in [-0.2, -0.15) is 0 Å². The lowest BCUT2D eigenvalue weighted by atomic mass is 10.00. The molecule has 0 atom stereocenters. The van der Waals surface area contributed by atoms with Crippen molar-refractivity contribution in [3.05, 3.63) is 84.1 Å². The van der Waals surface area contributed by atoms with Crippen LogP contribution in [0, 0.1) is 6.92 Å². The van der Waals surface area contributed by atoms with Crippen molar-refractivity contribution in [1.29, 1.82) is 0 Å². The third-order valence-corrected chi connectivity index (χ3v) is 5.47. The number of H-pyrrole nitrogens is 1. The molecule has 4 N–H and O–H groups in total. The van der Waals surface area contributed by atoms with E-state index in [4.69, 9.17) is 0 Å². The molecule has 4 aromatic rings. The number of rotatable bonds is 7. The fourth-order valence-corrected chi connectivity index (χ4v) is 3.90. The topological polar surface area (TPSA) is 89.3 Å². The Morgan fingerprint density at radius 2 is 1.59 bits per heavy atom. The highest BCUT2D eigenvalue weighted by atomic mass is 16.2. The maximum absolute atomic E-state index is 13.2. The van der Waals surface area contributed by atoms with Gasteiger partial charge in [0.05, 0.1) is 11.2 Å². The quantitative estimate of drug-likeness (QED) is 0.313. The highest BCUT2D eigenvalue weighted by molar-refractivity contribution is 6.14. The molecule has 7 nitrogen and oxygen atoms in total. The van der Waals surface area contributed by atoms with Gasteiger partial charge in [0.25, 0.3) is 5.91 Å². The van der Waals surface area contributed by atoms with E-state index >= 15 is 0 Å². The number of fused-ring (bicyclic) bond motifs is 1. The third-order valence-electron chi connectivity index (χ3n) is 5.47. The molecule has 3 aromatic carbocycles. The first-order valence-electron chi connectivity index (χ1n) is 11.2. The van der Waals surface area contributed by atoms with Crippen molar-refractivity contribution >= 4 is 34.2 Å². The summed E-state index contributed by atoms with van der Waals surface area (Å²) in [5.74, 6) is -0.186. The lowest BCUT2D eigenvalue weighted by Gasteiger charge is -2.11. The maximum atomic E-state index is 13.2. The second-order valence-electron chi connectivity index (χ2n) is 8.48. The number of amides is 3. The number of carbonyl (C=O) groups excluding carboxylic acids is 2. The van der Waals surface area contributed by atoms with Gasteiger partial charge in [0.1, 0.15) is 5.69 Å². The number of likely N-dealkylation sites (N-methyl/N-ethyl adjacent to an activating group) is 1. The summed E-state index contributed by atoms with van der Waals surface area (Å²) >= 11 is 0. The van der Waals surface area contributed by atoms with Crippen LogP contribution in [0.5, 0.6) is 0 Å². The molecular formula is C27H29N5O2. The first kappa shape index (κ1) is 23.1. The standard InChI is InChI=1S/C27H29N5O2/c1-18-16-21-23(19-10-6-4-7-11-19)25(26(33)28-14-15-32(2)3)31-24(21)22(17-18)30-27(34)29-20-12-8-5-9-13-20/h4-13,16-17,31H,14-15H2,1-3H3,(H,28,33)(H2,29,30,34). The van der Waals surface area contributed by atoms with Gasteiger partial charge in [-0.25, -0.2) is 4.79 Å². The van der Waals surface area contributed by atoms with Gasteiger partial charge in [0.15, 0.2) is 0 Å². The van der Waals surface area contributed by atoms with Crippen molar-refractivity contribution in [3.8, 4) is 11.1 Å². The van der Waals surface area contributed by atoms with Crippen LogP contribution in [0.15, 0.2) is 72.8 Å². The lowest BCUT2D eigenvalue weighted by Crippen LogP contribution is -2.31. The normalized spacial score (nSPS) is 10.9. The minimum Gasteiger partial charge on any atom is -0.349 e. The highest BCUT2D eigenvalue weighted by Gasteiger charge is 2.21. The van der Waals surface area contributed by atoms with Gasteiger partial charge in [0.2, 0.25) is 0 Å². The van der Waals surface area contributed by atoms with Crippen molar-refractivity contribution < 1.29 is 9.59 Å². The summed E-state index contributed by atoms with van der Waals surface area (Å²) in [6, 6.07) is 22.6. The SMILES string of the molecule is Cc1cc(NC(=O)Nc2ccccc2)c2[nH]c(C(=O)NCCN(C)C)c(-c3ccccc3)c2c1. The average molecular weight is 456 g/mol. The molecule has 0 aliphatic rings. The molecule has 3 amide bonds. The molecule has 0 radical (unpaired) electrons. The summed E-state index contributed by atoms with van der Waals surface area (Å²) in [4.78, 5) is 31.2. The predicted molar refractivity (Wildman–Crippen MR) is 138 cm³/mol. The van der Waals surface area contributed by atoms with Crippen molar-refractivity contribution in [2.45, 2.75) is 6.92 Å². The number of nitrogens with one attached hydrogen (secondary N) is 4. The number of nitrogens with zero attached hydrogens (tertiary/aromatic N) is 1. The smallest absolute Gasteiger partial charge is 0.323 e. The van der Waals surface area contributed by atoms with Crippen LogP contribution < -0.4 is 16.0 Å². The molecular weight excluding hydrogens is 426 g/mol. The molecule has 0 unspecified atom stereocenters. The van der Waals surface area contributed by atoms with Crippen molar-refractivity contribution in [2.75, 3.05) is 37.8 Å². The van der Waals surface area contributed by atoms with Crippen molar-refractivity contribution in [2.24, 2.45) is 0 Å². The van der Waals surface area contributed by atoms with Crippen LogP contribution in [-0.4, -0.2) is 49.0 Å². The Balaban J connectivity index is 1.74. The average Bonchev–Trinajstić information content (AvgIpc) is 3.19. The number of carbonyl (C=O) groups is 2. The van der Waals surface area contributed by atoms with E-state index in [1.807, 2.05) is 98.7 Å². The summed E-state index contributed by atoms with van der Waals surface area (Å²) in [5, 5.41) is 9.66. The van der Waals surface area contributed by atoms with Crippen LogP contribution in [0.2, 0.25) is 0 Å². The minimum absolute atomic E-state index is 0.186. The Bertz CT molecular complexity index is 1300. The van der Waals surface area contributed by atoms with Crippen molar-refractivity contribution in [3.63, 3.8) is 0 Å². The zero-order chi connectivity index (χ0) is 24.1. The Hall–Kier alpha value is -4.10. The maximum Gasteiger partial charge on any atom is 0.323 e. The first-order valence-corrected chi connectivity index (χ1v) is 11.2. The number of anilines is 2. The van der Waals surface area contributed by atoms with Gasteiger partial charge < -0.3 is 25.8 Å². The van der Waals surface area contributed by atoms with Crippen molar-refractivity contribution in [1.82, 2.24) is 15.2 Å². The van der Waals surface area contributed by atoms with E-state index in [-0.39, 0.29) is 11.9 Å². The van der Waals surface area contributed by atoms with Gasteiger partial charge in [-0.05, 0) is 56.4 Å². The van der Waals surface area contributed by atoms with E-state index in [1.165, 1.54) is 0 Å². The Morgan fingerprint density at radius 1 is 0.912 bits per heavy atom. The lowest BCUT2D eigenvalue weighted by molar-refractivity contribution is 0.0947. The molecule has 1 heterocycles. The van der Waals surface area contributed by atoms with E-state index < -0.39 is 0 Å². The van der Waals surface area contributed by atoms with Crippen LogP contribution in [0.3, 0.4) is 0 Å². The third kappa shape index (κ3) is 5.27. The molecule has 174 valence electrons. The predicted octanol–water partition coefficient (Wildman–Crippen LogP) is 5.08. The summed E-state index contributed by atoms with van der Waals surface area (Å²) in [5.41, 5.74) is 5.18. The van der Waals surface area contributed by atoms with Gasteiger partial charge in [-0.3, -0.25) is 4.79 Å². The Kier molecular flexibility index (Phi) is 6.94. The van der Waals surface area contributed by atoms with Crippen LogP contribution in [0.25, 0.3) is 22.0 Å². The van der Waals surface area contributed by atoms with Crippen LogP contribution in [0.1, 0.15) is 16.1 Å². The summed E-state index contributed by atoms with van der Waals surface area (Å²) in [6.45, 7) is 3.23. The minimum atomic E-state index is -0.356. The molecule has 34 heavy (non-hydrogen) atoms. The number of benzene rings is 3. The van der Waals surface area contributed by atoms with Gasteiger partial charge in [-0.1, -0.05) is 48.5 Å². The molecule has 0 saturated carbocycles. The van der Waals surface area contributed by atoms with E-state index in [0.29, 0.717) is 29.1 Å². The molecule has 0 aliphatic carbocycles.